The van der Waals surface area contributed by atoms with Crippen molar-refractivity contribution in [3.05, 3.63) is 64.7 Å². The van der Waals surface area contributed by atoms with Crippen LogP contribution in [0.1, 0.15) is 12.8 Å². The molecular weight excluding hydrogens is 518 g/mol. The molecule has 6 aliphatic rings. The normalized spacial score (nSPS) is 31.3. The van der Waals surface area contributed by atoms with Gasteiger partial charge in [-0.2, -0.15) is 0 Å². The molecule has 2 aromatic rings. The van der Waals surface area contributed by atoms with Gasteiger partial charge in [-0.3, -0.25) is 34.2 Å². The minimum absolute atomic E-state index is 0.0296. The number of hydrogen-bond donors (Lipinski definition) is 0. The van der Waals surface area contributed by atoms with Crippen molar-refractivity contribution in [2.75, 3.05) is 23.5 Å². The number of hydrogen-bond acceptors (Lipinski definition) is 8. The van der Waals surface area contributed by atoms with Gasteiger partial charge in [-0.15, -0.1) is 0 Å². The summed E-state index contributed by atoms with van der Waals surface area (Å²) in [6.45, 7) is 0.0296. The molecule has 2 heterocycles. The molecule has 2 bridgehead atoms. The molecule has 2 aromatic carbocycles. The number of anilines is 2. The number of benzene rings is 2. The lowest BCUT2D eigenvalue weighted by atomic mass is 9.63. The Morgan fingerprint density at radius 3 is 2.23 bits per heavy atom. The van der Waals surface area contributed by atoms with E-state index in [4.69, 9.17) is 9.47 Å². The topological polar surface area (TPSA) is 136 Å². The van der Waals surface area contributed by atoms with Gasteiger partial charge in [-0.05, 0) is 60.4 Å². The Hall–Kier alpha value is -4.54. The largest absolute Gasteiger partial charge is 0.494 e. The number of carbonyl (C=O) groups is 4. The number of amides is 3. The molecule has 40 heavy (non-hydrogen) atoms. The third-order valence-electron chi connectivity index (χ3n) is 9.10. The number of allylic oxidation sites excluding steroid dienone is 2. The molecule has 2 saturated carbocycles. The van der Waals surface area contributed by atoms with Crippen molar-refractivity contribution in [2.45, 2.75) is 12.8 Å². The van der Waals surface area contributed by atoms with Crippen molar-refractivity contribution in [1.82, 2.24) is 0 Å². The lowest BCUT2D eigenvalue weighted by Crippen LogP contribution is -2.40. The highest BCUT2D eigenvalue weighted by Crippen LogP contribution is 2.65. The zero-order valence-corrected chi connectivity index (χ0v) is 21.5. The van der Waals surface area contributed by atoms with Crippen LogP contribution < -0.4 is 19.3 Å². The van der Waals surface area contributed by atoms with Gasteiger partial charge < -0.3 is 14.4 Å². The summed E-state index contributed by atoms with van der Waals surface area (Å²) in [6.07, 6.45) is 5.27. The second-order valence-corrected chi connectivity index (χ2v) is 11.1. The Morgan fingerprint density at radius 1 is 0.975 bits per heavy atom. The van der Waals surface area contributed by atoms with Gasteiger partial charge in [0, 0.05) is 19.0 Å². The first-order valence-electron chi connectivity index (χ1n) is 13.3. The Bertz CT molecular complexity index is 1480. The summed E-state index contributed by atoms with van der Waals surface area (Å²) in [5, 5.41) is 11.1. The van der Waals surface area contributed by atoms with E-state index in [0.717, 1.165) is 6.42 Å². The highest BCUT2D eigenvalue weighted by Gasteiger charge is 2.67. The first kappa shape index (κ1) is 24.5. The van der Waals surface area contributed by atoms with Gasteiger partial charge in [0.25, 0.3) is 5.69 Å². The second-order valence-electron chi connectivity index (χ2n) is 11.1. The summed E-state index contributed by atoms with van der Waals surface area (Å²) in [5.74, 6) is -0.888. The average molecular weight is 544 g/mol. The van der Waals surface area contributed by atoms with E-state index in [-0.39, 0.29) is 71.5 Å². The fourth-order valence-electron chi connectivity index (χ4n) is 7.18. The Balaban J connectivity index is 1.03. The number of nitro benzene ring substituents is 1. The average Bonchev–Trinajstić information content (AvgIpc) is 3.63. The highest BCUT2D eigenvalue weighted by molar-refractivity contribution is 6.22. The Labute approximate surface area is 228 Å². The number of non-ortho nitro benzene ring substituents is 1. The maximum Gasteiger partial charge on any atom is 0.316 e. The minimum Gasteiger partial charge on any atom is -0.494 e. The monoisotopic (exact) mass is 543 g/mol. The molecule has 0 radical (unpaired) electrons. The van der Waals surface area contributed by atoms with Gasteiger partial charge in [-0.1, -0.05) is 12.2 Å². The van der Waals surface area contributed by atoms with Crippen LogP contribution in [0.5, 0.6) is 11.5 Å². The zero-order valence-electron chi connectivity index (χ0n) is 21.5. The van der Waals surface area contributed by atoms with E-state index in [1.807, 2.05) is 0 Å². The van der Waals surface area contributed by atoms with Crippen LogP contribution in [0.3, 0.4) is 0 Å². The van der Waals surface area contributed by atoms with Crippen LogP contribution >= 0.6 is 0 Å². The number of nitrogens with zero attached hydrogens (tertiary/aromatic N) is 3. The van der Waals surface area contributed by atoms with Crippen LogP contribution in [-0.4, -0.2) is 42.3 Å². The quantitative estimate of drug-likeness (QED) is 0.135. The predicted octanol–water partition coefficient (Wildman–Crippen LogP) is 3.12. The summed E-state index contributed by atoms with van der Waals surface area (Å²) in [6, 6.07) is 10.2. The van der Waals surface area contributed by atoms with E-state index in [1.54, 1.807) is 12.1 Å². The fraction of sp³-hybridized carbons (Fsp3) is 0.379. The molecule has 4 fully saturated rings. The summed E-state index contributed by atoms with van der Waals surface area (Å²) in [4.78, 5) is 65.4. The summed E-state index contributed by atoms with van der Waals surface area (Å²) in [7, 11) is 1.35. The van der Waals surface area contributed by atoms with Crippen molar-refractivity contribution in [1.29, 1.82) is 0 Å². The van der Waals surface area contributed by atoms with Crippen molar-refractivity contribution in [3.8, 4) is 11.5 Å². The van der Waals surface area contributed by atoms with Crippen LogP contribution in [0.4, 0.5) is 17.1 Å². The number of ether oxygens (including phenoxy) is 2. The van der Waals surface area contributed by atoms with Gasteiger partial charge in [-0.25, -0.2) is 0 Å². The molecule has 7 atom stereocenters. The van der Waals surface area contributed by atoms with Crippen molar-refractivity contribution in [2.24, 2.45) is 41.4 Å². The van der Waals surface area contributed by atoms with Crippen LogP contribution in [0.2, 0.25) is 0 Å². The van der Waals surface area contributed by atoms with Gasteiger partial charge >= 0.3 is 5.97 Å². The molecule has 2 saturated heterocycles. The first-order valence-corrected chi connectivity index (χ1v) is 13.3. The lowest BCUT2D eigenvalue weighted by Gasteiger charge is -2.37. The summed E-state index contributed by atoms with van der Waals surface area (Å²) in [5.41, 5.74) is 0.604. The number of esters is 1. The van der Waals surface area contributed by atoms with Gasteiger partial charge in [0.15, 0.2) is 0 Å². The summed E-state index contributed by atoms with van der Waals surface area (Å²) < 4.78 is 10.8. The third-order valence-corrected chi connectivity index (χ3v) is 9.10. The molecule has 4 aliphatic carbocycles. The first-order chi connectivity index (χ1) is 19.3. The summed E-state index contributed by atoms with van der Waals surface area (Å²) >= 11 is 0. The van der Waals surface area contributed by atoms with Crippen molar-refractivity contribution < 1.29 is 33.6 Å². The molecule has 0 N–H and O–H groups in total. The molecular formula is C29H25N3O8. The standard InChI is InChI=1S/C29H25N3O8/c1-39-23-11-16(32(37)38)4-9-22(23)30-13-14(10-24(30)33)29(36)40-17-5-2-15(3-6-17)31-27(34)25-18-7-8-19(21-12-20(18)21)26(25)28(31)35/h2-9,11,14,18-21,25-26H,10,12-13H2,1H3/t14-,18+,19+,20-,21+,25-,26-/m1/s1. The van der Waals surface area contributed by atoms with E-state index in [2.05, 4.69) is 12.2 Å². The molecule has 2 aliphatic heterocycles. The number of carbonyl (C=O) groups excluding carboxylic acids is 4. The molecule has 0 unspecified atom stereocenters. The molecule has 3 amide bonds. The maximum atomic E-state index is 13.3. The van der Waals surface area contributed by atoms with E-state index in [0.29, 0.717) is 23.2 Å². The van der Waals surface area contributed by atoms with Crippen LogP contribution in [-0.2, 0) is 19.2 Å². The molecule has 0 spiro atoms. The zero-order chi connectivity index (χ0) is 27.9. The lowest BCUT2D eigenvalue weighted by molar-refractivity contribution is -0.384. The molecule has 8 rings (SSSR count). The van der Waals surface area contributed by atoms with E-state index in [9.17, 15) is 29.3 Å². The fourth-order valence-corrected chi connectivity index (χ4v) is 7.18. The molecule has 11 nitrogen and oxygen atoms in total. The van der Waals surface area contributed by atoms with E-state index < -0.39 is 16.8 Å². The van der Waals surface area contributed by atoms with Gasteiger partial charge in [0.2, 0.25) is 17.7 Å². The molecule has 204 valence electrons. The SMILES string of the molecule is COc1cc([N+](=O)[O-])ccc1N1C[C@H](C(=O)Oc2ccc(N3C(=O)[C@@H]4[C@H]5C=C[C@@H]([C@@H]6C[C@H]56)[C@H]4C3=O)cc2)CC1=O. The minimum atomic E-state index is -0.758. The molecule has 11 heteroatoms. The van der Waals surface area contributed by atoms with Crippen LogP contribution in [0.15, 0.2) is 54.6 Å². The second kappa shape index (κ2) is 8.73. The van der Waals surface area contributed by atoms with Crippen LogP contribution in [0.25, 0.3) is 0 Å². The van der Waals surface area contributed by atoms with E-state index in [1.165, 1.54) is 47.2 Å². The van der Waals surface area contributed by atoms with Gasteiger partial charge in [0.1, 0.15) is 11.5 Å². The van der Waals surface area contributed by atoms with Gasteiger partial charge in [0.05, 0.1) is 47.2 Å². The van der Waals surface area contributed by atoms with Crippen LogP contribution in [0, 0.1) is 51.5 Å². The Morgan fingerprint density at radius 2 is 1.62 bits per heavy atom. The number of imide groups is 1. The Kier molecular flexibility index (Phi) is 5.35. The number of nitro groups is 1. The predicted molar refractivity (Wildman–Crippen MR) is 139 cm³/mol. The van der Waals surface area contributed by atoms with Crippen molar-refractivity contribution >= 4 is 40.8 Å². The van der Waals surface area contributed by atoms with E-state index >= 15 is 0 Å². The molecule has 0 aromatic heterocycles. The third kappa shape index (κ3) is 3.56. The number of rotatable bonds is 6. The maximum absolute atomic E-state index is 13.3. The number of methoxy groups -OCH3 is 1. The van der Waals surface area contributed by atoms with Crippen molar-refractivity contribution in [3.63, 3.8) is 0 Å². The highest BCUT2D eigenvalue weighted by atomic mass is 16.6. The smallest absolute Gasteiger partial charge is 0.316 e.